The molecule has 2 aliphatic rings. The Morgan fingerprint density at radius 3 is 2.72 bits per heavy atom. The topological polar surface area (TPSA) is 26.8 Å². The molecule has 18 heavy (non-hydrogen) atoms. The third kappa shape index (κ3) is 1.86. The zero-order chi connectivity index (χ0) is 12.7. The van der Waals surface area contributed by atoms with E-state index in [0.29, 0.717) is 6.54 Å². The number of likely N-dealkylation sites (N-methyl/N-ethyl adjacent to an activating group) is 2. The fourth-order valence-electron chi connectivity index (χ4n) is 2.76. The quantitative estimate of drug-likeness (QED) is 0.737. The van der Waals surface area contributed by atoms with Crippen molar-refractivity contribution in [2.45, 2.75) is 6.42 Å². The number of amides is 1. The molecule has 1 amide bonds. The number of hydrogen-bond acceptors (Lipinski definition) is 3. The van der Waals surface area contributed by atoms with Crippen LogP contribution in [0.4, 0.5) is 11.4 Å². The van der Waals surface area contributed by atoms with E-state index in [1.807, 2.05) is 11.9 Å². The van der Waals surface area contributed by atoms with Crippen molar-refractivity contribution in [2.24, 2.45) is 0 Å². The lowest BCUT2D eigenvalue weighted by molar-refractivity contribution is -0.120. The van der Waals surface area contributed by atoms with Gasteiger partial charge in [-0.05, 0) is 31.2 Å². The predicted octanol–water partition coefficient (Wildman–Crippen LogP) is 0.957. The molecule has 1 aromatic rings. The minimum absolute atomic E-state index is 0.198. The van der Waals surface area contributed by atoms with Gasteiger partial charge in [-0.15, -0.1) is 0 Å². The van der Waals surface area contributed by atoms with Gasteiger partial charge in [0.05, 0.1) is 6.54 Å². The van der Waals surface area contributed by atoms with Crippen molar-refractivity contribution in [3.05, 3.63) is 23.8 Å². The maximum absolute atomic E-state index is 12.1. The maximum atomic E-state index is 12.1. The van der Waals surface area contributed by atoms with Crippen molar-refractivity contribution in [1.82, 2.24) is 4.90 Å². The Labute approximate surface area is 108 Å². The van der Waals surface area contributed by atoms with E-state index in [1.165, 1.54) is 11.3 Å². The third-order valence-corrected chi connectivity index (χ3v) is 3.92. The number of fused-ring (bicyclic) bond motifs is 1. The van der Waals surface area contributed by atoms with Crippen molar-refractivity contribution in [3.63, 3.8) is 0 Å². The summed E-state index contributed by atoms with van der Waals surface area (Å²) in [5, 5.41) is 0. The second-order valence-electron chi connectivity index (χ2n) is 5.27. The van der Waals surface area contributed by atoms with Gasteiger partial charge in [0.15, 0.2) is 0 Å². The summed E-state index contributed by atoms with van der Waals surface area (Å²) in [4.78, 5) is 18.3. The first kappa shape index (κ1) is 11.5. The summed E-state index contributed by atoms with van der Waals surface area (Å²) >= 11 is 0. The number of carbonyl (C=O) groups excluding carboxylic acids is 1. The SMILES string of the molecule is CN1CCN(c2ccc3c(c2)N(C)CC3)C(=O)C1. The van der Waals surface area contributed by atoms with Crippen LogP contribution in [0, 0.1) is 0 Å². The van der Waals surface area contributed by atoms with Crippen LogP contribution >= 0.6 is 0 Å². The summed E-state index contributed by atoms with van der Waals surface area (Å²) in [6.45, 7) is 3.33. The van der Waals surface area contributed by atoms with Crippen molar-refractivity contribution in [3.8, 4) is 0 Å². The van der Waals surface area contributed by atoms with E-state index in [-0.39, 0.29) is 5.91 Å². The molecule has 2 heterocycles. The van der Waals surface area contributed by atoms with E-state index >= 15 is 0 Å². The van der Waals surface area contributed by atoms with Crippen molar-refractivity contribution < 1.29 is 4.79 Å². The number of rotatable bonds is 1. The van der Waals surface area contributed by atoms with E-state index in [0.717, 1.165) is 31.7 Å². The van der Waals surface area contributed by atoms with Gasteiger partial charge in [0.1, 0.15) is 0 Å². The highest BCUT2D eigenvalue weighted by atomic mass is 16.2. The number of nitrogens with zero attached hydrogens (tertiary/aromatic N) is 3. The van der Waals surface area contributed by atoms with Gasteiger partial charge < -0.3 is 9.80 Å². The Kier molecular flexibility index (Phi) is 2.74. The van der Waals surface area contributed by atoms with Gasteiger partial charge >= 0.3 is 0 Å². The first-order chi connectivity index (χ1) is 8.65. The number of carbonyl (C=O) groups is 1. The molecule has 2 aliphatic heterocycles. The molecule has 0 radical (unpaired) electrons. The lowest BCUT2D eigenvalue weighted by Gasteiger charge is -2.32. The van der Waals surface area contributed by atoms with Gasteiger partial charge in [-0.2, -0.15) is 0 Å². The molecule has 0 aromatic heterocycles. The third-order valence-electron chi connectivity index (χ3n) is 3.92. The van der Waals surface area contributed by atoms with E-state index in [4.69, 9.17) is 0 Å². The van der Waals surface area contributed by atoms with E-state index < -0.39 is 0 Å². The molecule has 1 aromatic carbocycles. The summed E-state index contributed by atoms with van der Waals surface area (Å²) in [7, 11) is 4.10. The minimum atomic E-state index is 0.198. The Bertz CT molecular complexity index is 486. The van der Waals surface area contributed by atoms with Crippen molar-refractivity contribution >= 4 is 17.3 Å². The smallest absolute Gasteiger partial charge is 0.241 e. The summed E-state index contributed by atoms with van der Waals surface area (Å²) in [6.07, 6.45) is 1.11. The molecular formula is C14H19N3O. The highest BCUT2D eigenvalue weighted by Gasteiger charge is 2.24. The zero-order valence-corrected chi connectivity index (χ0v) is 11.0. The molecule has 0 spiro atoms. The van der Waals surface area contributed by atoms with Gasteiger partial charge in [-0.3, -0.25) is 9.69 Å². The van der Waals surface area contributed by atoms with Gasteiger partial charge in [0.2, 0.25) is 5.91 Å². The molecule has 96 valence electrons. The summed E-state index contributed by atoms with van der Waals surface area (Å²) in [5.41, 5.74) is 3.71. The average molecular weight is 245 g/mol. The van der Waals surface area contributed by atoms with Gasteiger partial charge in [0, 0.05) is 38.1 Å². The van der Waals surface area contributed by atoms with E-state index in [2.05, 4.69) is 35.0 Å². The molecule has 4 heteroatoms. The number of benzene rings is 1. The number of piperazine rings is 1. The average Bonchev–Trinajstić information content (AvgIpc) is 2.71. The van der Waals surface area contributed by atoms with E-state index in [9.17, 15) is 4.79 Å². The minimum Gasteiger partial charge on any atom is -0.374 e. The molecule has 4 nitrogen and oxygen atoms in total. The summed E-state index contributed by atoms with van der Waals surface area (Å²) < 4.78 is 0. The number of anilines is 2. The second kappa shape index (κ2) is 4.28. The highest BCUT2D eigenvalue weighted by molar-refractivity contribution is 5.96. The Morgan fingerprint density at radius 1 is 1.11 bits per heavy atom. The normalized spacial score (nSPS) is 20.4. The molecule has 0 atom stereocenters. The van der Waals surface area contributed by atoms with Crippen LogP contribution in [-0.4, -0.2) is 51.1 Å². The summed E-state index contributed by atoms with van der Waals surface area (Å²) in [6, 6.07) is 6.41. The Morgan fingerprint density at radius 2 is 1.94 bits per heavy atom. The number of hydrogen-bond donors (Lipinski definition) is 0. The van der Waals surface area contributed by atoms with Gasteiger partial charge in [0.25, 0.3) is 0 Å². The van der Waals surface area contributed by atoms with Crippen molar-refractivity contribution in [1.29, 1.82) is 0 Å². The van der Waals surface area contributed by atoms with E-state index in [1.54, 1.807) is 0 Å². The van der Waals surface area contributed by atoms with Crippen molar-refractivity contribution in [2.75, 3.05) is 50.1 Å². The Hall–Kier alpha value is -1.55. The monoisotopic (exact) mass is 245 g/mol. The largest absolute Gasteiger partial charge is 0.374 e. The van der Waals surface area contributed by atoms with Crippen LogP contribution in [0.3, 0.4) is 0 Å². The molecule has 1 saturated heterocycles. The summed E-state index contributed by atoms with van der Waals surface area (Å²) in [5.74, 6) is 0.198. The second-order valence-corrected chi connectivity index (χ2v) is 5.27. The molecule has 3 rings (SSSR count). The maximum Gasteiger partial charge on any atom is 0.241 e. The fourth-order valence-corrected chi connectivity index (χ4v) is 2.76. The Balaban J connectivity index is 1.89. The van der Waals surface area contributed by atoms with Gasteiger partial charge in [-0.1, -0.05) is 6.07 Å². The van der Waals surface area contributed by atoms with Crippen LogP contribution in [0.15, 0.2) is 18.2 Å². The predicted molar refractivity (Wildman–Crippen MR) is 73.3 cm³/mol. The van der Waals surface area contributed by atoms with Crippen LogP contribution in [-0.2, 0) is 11.2 Å². The molecule has 0 bridgehead atoms. The zero-order valence-electron chi connectivity index (χ0n) is 11.0. The van der Waals surface area contributed by atoms with Crippen LogP contribution in [0.5, 0.6) is 0 Å². The molecule has 0 saturated carbocycles. The molecule has 0 N–H and O–H groups in total. The fraction of sp³-hybridized carbons (Fsp3) is 0.500. The standard InChI is InChI=1S/C14H19N3O/c1-15-7-8-17(14(18)10-15)12-4-3-11-5-6-16(2)13(11)9-12/h3-4,9H,5-8,10H2,1-2H3. The van der Waals surface area contributed by atoms with Crippen LogP contribution in [0.25, 0.3) is 0 Å². The molecular weight excluding hydrogens is 226 g/mol. The van der Waals surface area contributed by atoms with Crippen LogP contribution < -0.4 is 9.80 Å². The highest BCUT2D eigenvalue weighted by Crippen LogP contribution is 2.31. The molecule has 0 aliphatic carbocycles. The van der Waals surface area contributed by atoms with Crippen LogP contribution in [0.2, 0.25) is 0 Å². The van der Waals surface area contributed by atoms with Gasteiger partial charge in [-0.25, -0.2) is 0 Å². The molecule has 1 fully saturated rings. The first-order valence-corrected chi connectivity index (χ1v) is 6.48. The lowest BCUT2D eigenvalue weighted by Crippen LogP contribution is -2.48. The first-order valence-electron chi connectivity index (χ1n) is 6.48. The van der Waals surface area contributed by atoms with Crippen LogP contribution in [0.1, 0.15) is 5.56 Å². The molecule has 0 unspecified atom stereocenters. The lowest BCUT2D eigenvalue weighted by atomic mass is 10.1.